The summed E-state index contributed by atoms with van der Waals surface area (Å²) in [5.41, 5.74) is 2.04. The molecule has 2 aromatic heterocycles. The molecule has 2 rings (SSSR count). The molecule has 1 unspecified atom stereocenters. The molecule has 0 bridgehead atoms. The van der Waals surface area contributed by atoms with Crippen LogP contribution in [0.3, 0.4) is 0 Å². The lowest BCUT2D eigenvalue weighted by Crippen LogP contribution is -2.29. The fraction of sp³-hybridized carbons (Fsp3) is 0.455. The molecular formula is C11H16N6O. The van der Waals surface area contributed by atoms with Crippen LogP contribution in [0.4, 0.5) is 0 Å². The van der Waals surface area contributed by atoms with Crippen molar-refractivity contribution in [3.05, 3.63) is 29.1 Å². The molecule has 0 spiro atoms. The number of aromatic nitrogens is 5. The molecule has 0 saturated carbocycles. The van der Waals surface area contributed by atoms with Crippen molar-refractivity contribution in [3.8, 4) is 0 Å². The van der Waals surface area contributed by atoms with E-state index in [0.29, 0.717) is 17.1 Å². The van der Waals surface area contributed by atoms with Crippen molar-refractivity contribution in [3.63, 3.8) is 0 Å². The summed E-state index contributed by atoms with van der Waals surface area (Å²) in [5, 5.41) is 17.4. The Balaban J connectivity index is 2.16. The Morgan fingerprint density at radius 2 is 2.22 bits per heavy atom. The minimum Gasteiger partial charge on any atom is -0.342 e. The molecule has 96 valence electrons. The Morgan fingerprint density at radius 1 is 1.50 bits per heavy atom. The van der Waals surface area contributed by atoms with E-state index >= 15 is 0 Å². The SMILES string of the molecule is Cc1n[nH]c(C)c1C(=O)NC(C)c1nncn1C. The summed E-state index contributed by atoms with van der Waals surface area (Å²) in [6.45, 7) is 5.49. The average Bonchev–Trinajstić information content (AvgIpc) is 2.85. The first-order valence-electron chi connectivity index (χ1n) is 5.67. The van der Waals surface area contributed by atoms with Crippen LogP contribution in [-0.4, -0.2) is 30.9 Å². The summed E-state index contributed by atoms with van der Waals surface area (Å²) in [6.07, 6.45) is 1.60. The third-order valence-corrected chi connectivity index (χ3v) is 2.84. The van der Waals surface area contributed by atoms with E-state index in [9.17, 15) is 4.79 Å². The van der Waals surface area contributed by atoms with Crippen LogP contribution in [-0.2, 0) is 7.05 Å². The molecular weight excluding hydrogens is 232 g/mol. The number of nitrogens with zero attached hydrogens (tertiary/aromatic N) is 4. The van der Waals surface area contributed by atoms with Gasteiger partial charge in [0.2, 0.25) is 0 Å². The Hall–Kier alpha value is -2.18. The number of hydrogen-bond acceptors (Lipinski definition) is 4. The van der Waals surface area contributed by atoms with Crippen LogP contribution in [0, 0.1) is 13.8 Å². The first-order chi connectivity index (χ1) is 8.50. The molecule has 7 nitrogen and oxygen atoms in total. The standard InChI is InChI=1S/C11H16N6O/c1-6-9(7(2)15-14-6)11(18)13-8(3)10-16-12-5-17(10)4/h5,8H,1-4H3,(H,13,18)(H,14,15). The van der Waals surface area contributed by atoms with E-state index in [-0.39, 0.29) is 11.9 Å². The second-order valence-electron chi connectivity index (χ2n) is 4.30. The largest absolute Gasteiger partial charge is 0.342 e. The topological polar surface area (TPSA) is 88.5 Å². The van der Waals surface area contributed by atoms with Crippen LogP contribution >= 0.6 is 0 Å². The lowest BCUT2D eigenvalue weighted by Gasteiger charge is -2.12. The zero-order valence-electron chi connectivity index (χ0n) is 10.9. The van der Waals surface area contributed by atoms with E-state index in [1.165, 1.54) is 0 Å². The van der Waals surface area contributed by atoms with Crippen LogP contribution < -0.4 is 5.32 Å². The van der Waals surface area contributed by atoms with E-state index < -0.39 is 0 Å². The predicted octanol–water partition coefficient (Wildman–Crippen LogP) is 0.646. The summed E-state index contributed by atoms with van der Waals surface area (Å²) in [4.78, 5) is 12.1. The molecule has 0 aromatic carbocycles. The predicted molar refractivity (Wildman–Crippen MR) is 64.9 cm³/mol. The number of nitrogens with one attached hydrogen (secondary N) is 2. The van der Waals surface area contributed by atoms with Crippen molar-refractivity contribution in [1.82, 2.24) is 30.3 Å². The maximum Gasteiger partial charge on any atom is 0.255 e. The molecule has 2 aromatic rings. The number of aryl methyl sites for hydroxylation is 3. The molecule has 7 heteroatoms. The molecule has 2 N–H and O–H groups in total. The number of rotatable bonds is 3. The van der Waals surface area contributed by atoms with Crippen LogP contribution in [0.2, 0.25) is 0 Å². The lowest BCUT2D eigenvalue weighted by atomic mass is 10.1. The van der Waals surface area contributed by atoms with E-state index in [0.717, 1.165) is 5.69 Å². The molecule has 0 radical (unpaired) electrons. The van der Waals surface area contributed by atoms with Crippen LogP contribution in [0.25, 0.3) is 0 Å². The zero-order chi connectivity index (χ0) is 13.3. The highest BCUT2D eigenvalue weighted by Crippen LogP contribution is 2.13. The molecule has 0 saturated heterocycles. The first kappa shape index (κ1) is 12.3. The summed E-state index contributed by atoms with van der Waals surface area (Å²) in [7, 11) is 1.84. The van der Waals surface area contributed by atoms with E-state index in [2.05, 4.69) is 25.7 Å². The number of hydrogen-bond donors (Lipinski definition) is 2. The molecule has 0 aliphatic carbocycles. The van der Waals surface area contributed by atoms with Crippen molar-refractivity contribution < 1.29 is 4.79 Å². The van der Waals surface area contributed by atoms with Crippen molar-refractivity contribution >= 4 is 5.91 Å². The van der Waals surface area contributed by atoms with Gasteiger partial charge in [0.1, 0.15) is 6.33 Å². The third-order valence-electron chi connectivity index (χ3n) is 2.84. The monoisotopic (exact) mass is 248 g/mol. The smallest absolute Gasteiger partial charge is 0.255 e. The zero-order valence-corrected chi connectivity index (χ0v) is 10.9. The van der Waals surface area contributed by atoms with Gasteiger partial charge in [-0.2, -0.15) is 5.10 Å². The molecule has 0 aliphatic rings. The van der Waals surface area contributed by atoms with Crippen LogP contribution in [0.5, 0.6) is 0 Å². The quantitative estimate of drug-likeness (QED) is 0.834. The first-order valence-corrected chi connectivity index (χ1v) is 5.67. The van der Waals surface area contributed by atoms with Crippen molar-refractivity contribution in [1.29, 1.82) is 0 Å². The second kappa shape index (κ2) is 4.59. The summed E-state index contributed by atoms with van der Waals surface area (Å²) in [6, 6.07) is -0.210. The number of carbonyl (C=O) groups is 1. The van der Waals surface area contributed by atoms with Gasteiger partial charge in [-0.25, -0.2) is 0 Å². The number of aromatic amines is 1. The lowest BCUT2D eigenvalue weighted by molar-refractivity contribution is 0.0936. The van der Waals surface area contributed by atoms with Gasteiger partial charge in [0.05, 0.1) is 17.3 Å². The summed E-state index contributed by atoms with van der Waals surface area (Å²) >= 11 is 0. The maximum absolute atomic E-state index is 12.1. The summed E-state index contributed by atoms with van der Waals surface area (Å²) < 4.78 is 1.78. The average molecular weight is 248 g/mol. The molecule has 1 amide bonds. The van der Waals surface area contributed by atoms with Crippen molar-refractivity contribution in [2.45, 2.75) is 26.8 Å². The van der Waals surface area contributed by atoms with Gasteiger partial charge in [0.15, 0.2) is 5.82 Å². The fourth-order valence-corrected chi connectivity index (χ4v) is 1.90. The van der Waals surface area contributed by atoms with Gasteiger partial charge in [-0.05, 0) is 20.8 Å². The van der Waals surface area contributed by atoms with Crippen LogP contribution in [0.1, 0.15) is 40.5 Å². The molecule has 0 fully saturated rings. The van der Waals surface area contributed by atoms with Gasteiger partial charge in [0.25, 0.3) is 5.91 Å². The Kier molecular flexibility index (Phi) is 3.14. The molecule has 2 heterocycles. The van der Waals surface area contributed by atoms with Crippen molar-refractivity contribution in [2.24, 2.45) is 7.05 Å². The van der Waals surface area contributed by atoms with Gasteiger partial charge in [-0.15, -0.1) is 10.2 Å². The Labute approximate surface area is 105 Å². The minimum atomic E-state index is -0.210. The van der Waals surface area contributed by atoms with Gasteiger partial charge in [0, 0.05) is 12.7 Å². The van der Waals surface area contributed by atoms with Gasteiger partial charge in [-0.1, -0.05) is 0 Å². The van der Waals surface area contributed by atoms with Crippen molar-refractivity contribution in [2.75, 3.05) is 0 Å². The van der Waals surface area contributed by atoms with E-state index in [1.807, 2.05) is 20.9 Å². The number of amides is 1. The molecule has 1 atom stereocenters. The summed E-state index contributed by atoms with van der Waals surface area (Å²) in [5.74, 6) is 0.552. The van der Waals surface area contributed by atoms with Gasteiger partial charge in [-0.3, -0.25) is 9.89 Å². The molecule has 0 aliphatic heterocycles. The maximum atomic E-state index is 12.1. The fourth-order valence-electron chi connectivity index (χ4n) is 1.90. The number of carbonyl (C=O) groups excluding carboxylic acids is 1. The second-order valence-corrected chi connectivity index (χ2v) is 4.30. The highest BCUT2D eigenvalue weighted by Gasteiger charge is 2.19. The molecule has 18 heavy (non-hydrogen) atoms. The Bertz CT molecular complexity index is 550. The highest BCUT2D eigenvalue weighted by molar-refractivity contribution is 5.96. The highest BCUT2D eigenvalue weighted by atomic mass is 16.1. The van der Waals surface area contributed by atoms with Gasteiger partial charge < -0.3 is 9.88 Å². The number of H-pyrrole nitrogens is 1. The third kappa shape index (κ3) is 2.11. The van der Waals surface area contributed by atoms with E-state index in [1.54, 1.807) is 17.8 Å². The minimum absolute atomic E-state index is 0.158. The van der Waals surface area contributed by atoms with Gasteiger partial charge >= 0.3 is 0 Å². The normalized spacial score (nSPS) is 12.4. The van der Waals surface area contributed by atoms with E-state index in [4.69, 9.17) is 0 Å². The Morgan fingerprint density at radius 3 is 2.72 bits per heavy atom. The van der Waals surface area contributed by atoms with Crippen LogP contribution in [0.15, 0.2) is 6.33 Å².